The van der Waals surface area contributed by atoms with Crippen LogP contribution in [0.3, 0.4) is 0 Å². The minimum atomic E-state index is -0.258. The molecule has 0 atom stereocenters. The number of fused-ring (bicyclic) bond motifs is 1. The third kappa shape index (κ3) is 4.46. The number of carbonyl (C=O) groups excluding carboxylic acids is 2. The molecule has 0 bridgehead atoms. The minimum absolute atomic E-state index is 0.121. The van der Waals surface area contributed by atoms with E-state index < -0.39 is 0 Å². The van der Waals surface area contributed by atoms with Crippen LogP contribution in [0.25, 0.3) is 0 Å². The van der Waals surface area contributed by atoms with E-state index in [0.717, 1.165) is 17.9 Å². The number of hydrogen-bond acceptors (Lipinski definition) is 5. The van der Waals surface area contributed by atoms with E-state index in [9.17, 15) is 9.59 Å². The Morgan fingerprint density at radius 3 is 2.85 bits per heavy atom. The molecule has 8 nitrogen and oxygen atoms in total. The predicted octanol–water partition coefficient (Wildman–Crippen LogP) is 0.839. The predicted molar refractivity (Wildman–Crippen MR) is 101 cm³/mol. The Labute approximate surface area is 158 Å². The number of carbonyl (C=O) groups is 2. The van der Waals surface area contributed by atoms with Crippen LogP contribution in [0.2, 0.25) is 0 Å². The summed E-state index contributed by atoms with van der Waals surface area (Å²) in [4.78, 5) is 28.8. The van der Waals surface area contributed by atoms with Crippen LogP contribution in [0.5, 0.6) is 5.75 Å². The van der Waals surface area contributed by atoms with Gasteiger partial charge in [-0.1, -0.05) is 12.1 Å². The van der Waals surface area contributed by atoms with E-state index in [1.54, 1.807) is 22.8 Å². The van der Waals surface area contributed by atoms with Crippen molar-refractivity contribution in [3.63, 3.8) is 0 Å². The largest absolute Gasteiger partial charge is 0.497 e. The number of ether oxygens (including phenoxy) is 1. The quantitative estimate of drug-likeness (QED) is 0.780. The number of aromatic nitrogens is 2. The highest BCUT2D eigenvalue weighted by Crippen LogP contribution is 2.19. The average molecular weight is 371 g/mol. The molecule has 2 heterocycles. The number of amides is 2. The van der Waals surface area contributed by atoms with Gasteiger partial charge in [0.1, 0.15) is 11.4 Å². The van der Waals surface area contributed by atoms with E-state index >= 15 is 0 Å². The average Bonchev–Trinajstić information content (AvgIpc) is 3.09. The summed E-state index contributed by atoms with van der Waals surface area (Å²) in [7, 11) is 5.50. The molecule has 0 saturated carbocycles. The lowest BCUT2D eigenvalue weighted by molar-refractivity contribution is 0.0683. The van der Waals surface area contributed by atoms with Crippen molar-refractivity contribution in [2.24, 2.45) is 0 Å². The summed E-state index contributed by atoms with van der Waals surface area (Å²) in [6.45, 7) is 2.88. The van der Waals surface area contributed by atoms with Crippen molar-refractivity contribution in [3.05, 3.63) is 47.3 Å². The van der Waals surface area contributed by atoms with Gasteiger partial charge in [0.2, 0.25) is 0 Å². The number of methoxy groups -OCH3 is 1. The van der Waals surface area contributed by atoms with E-state index in [0.29, 0.717) is 31.9 Å². The third-order valence-electron chi connectivity index (χ3n) is 4.45. The van der Waals surface area contributed by atoms with Gasteiger partial charge >= 0.3 is 0 Å². The van der Waals surface area contributed by atoms with Crippen molar-refractivity contribution in [3.8, 4) is 5.75 Å². The lowest BCUT2D eigenvalue weighted by Crippen LogP contribution is -2.39. The highest BCUT2D eigenvalue weighted by molar-refractivity contribution is 5.98. The molecule has 1 aliphatic rings. The molecule has 0 radical (unpaired) electrons. The van der Waals surface area contributed by atoms with Crippen molar-refractivity contribution in [1.82, 2.24) is 24.9 Å². The van der Waals surface area contributed by atoms with Crippen LogP contribution in [0.4, 0.5) is 0 Å². The second-order valence-electron chi connectivity index (χ2n) is 6.78. The molecule has 0 spiro atoms. The van der Waals surface area contributed by atoms with Crippen LogP contribution >= 0.6 is 0 Å². The van der Waals surface area contributed by atoms with Crippen molar-refractivity contribution in [2.45, 2.75) is 13.1 Å². The van der Waals surface area contributed by atoms with Crippen molar-refractivity contribution >= 4 is 11.8 Å². The first kappa shape index (κ1) is 18.9. The Morgan fingerprint density at radius 1 is 1.30 bits per heavy atom. The van der Waals surface area contributed by atoms with Crippen LogP contribution in [0.1, 0.15) is 26.5 Å². The van der Waals surface area contributed by atoms with E-state index in [1.807, 2.05) is 43.3 Å². The summed E-state index contributed by atoms with van der Waals surface area (Å²) in [5.41, 5.74) is 1.72. The van der Waals surface area contributed by atoms with Gasteiger partial charge in [0.25, 0.3) is 11.8 Å². The molecule has 144 valence electrons. The van der Waals surface area contributed by atoms with Gasteiger partial charge in [-0.3, -0.25) is 14.3 Å². The summed E-state index contributed by atoms with van der Waals surface area (Å²) in [6, 6.07) is 9.24. The molecule has 0 unspecified atom stereocenters. The highest BCUT2D eigenvalue weighted by Gasteiger charge is 2.28. The molecule has 0 saturated heterocycles. The fourth-order valence-electron chi connectivity index (χ4n) is 2.97. The van der Waals surface area contributed by atoms with E-state index in [2.05, 4.69) is 10.4 Å². The Kier molecular flexibility index (Phi) is 5.75. The lowest BCUT2D eigenvalue weighted by Gasteiger charge is -2.27. The maximum Gasteiger partial charge on any atom is 0.272 e. The van der Waals surface area contributed by atoms with Gasteiger partial charge in [0, 0.05) is 32.2 Å². The molecule has 0 fully saturated rings. The van der Waals surface area contributed by atoms with Gasteiger partial charge in [0.05, 0.1) is 13.7 Å². The number of hydrogen-bond donors (Lipinski definition) is 1. The number of likely N-dealkylation sites (N-methyl/N-ethyl adjacent to an activating group) is 1. The molecule has 1 aliphatic heterocycles. The number of nitrogens with one attached hydrogen (secondary N) is 1. The zero-order valence-corrected chi connectivity index (χ0v) is 15.9. The maximum absolute atomic E-state index is 12.8. The summed E-state index contributed by atoms with van der Waals surface area (Å²) in [5, 5.41) is 7.11. The normalized spacial score (nSPS) is 13.6. The van der Waals surface area contributed by atoms with Gasteiger partial charge in [-0.15, -0.1) is 0 Å². The molecular formula is C19H25N5O3. The summed E-state index contributed by atoms with van der Waals surface area (Å²) >= 11 is 0. The fourth-order valence-corrected chi connectivity index (χ4v) is 2.97. The number of benzene rings is 1. The van der Waals surface area contributed by atoms with Crippen molar-refractivity contribution < 1.29 is 14.3 Å². The topological polar surface area (TPSA) is 79.7 Å². The molecule has 2 amide bonds. The zero-order chi connectivity index (χ0) is 19.4. The first-order valence-electron chi connectivity index (χ1n) is 8.91. The summed E-state index contributed by atoms with van der Waals surface area (Å²) in [6.07, 6.45) is 0. The van der Waals surface area contributed by atoms with Crippen LogP contribution in [-0.4, -0.2) is 72.2 Å². The molecular weight excluding hydrogens is 346 g/mol. The molecule has 1 aromatic carbocycles. The monoisotopic (exact) mass is 371 g/mol. The lowest BCUT2D eigenvalue weighted by atomic mass is 10.1. The molecule has 2 aromatic rings. The second-order valence-corrected chi connectivity index (χ2v) is 6.78. The van der Waals surface area contributed by atoms with Gasteiger partial charge in [-0.25, -0.2) is 0 Å². The molecule has 1 aromatic heterocycles. The summed E-state index contributed by atoms with van der Waals surface area (Å²) < 4.78 is 6.86. The molecule has 1 N–H and O–H groups in total. The number of rotatable bonds is 7. The van der Waals surface area contributed by atoms with Gasteiger partial charge < -0.3 is 19.9 Å². The van der Waals surface area contributed by atoms with Crippen LogP contribution < -0.4 is 10.1 Å². The van der Waals surface area contributed by atoms with Crippen LogP contribution in [0.15, 0.2) is 30.3 Å². The fraction of sp³-hybridized carbons (Fsp3) is 0.421. The van der Waals surface area contributed by atoms with Crippen molar-refractivity contribution in [1.29, 1.82) is 0 Å². The highest BCUT2D eigenvalue weighted by atomic mass is 16.5. The second kappa shape index (κ2) is 8.22. The molecule has 8 heteroatoms. The van der Waals surface area contributed by atoms with Crippen LogP contribution in [-0.2, 0) is 13.1 Å². The maximum atomic E-state index is 12.8. The molecule has 0 aliphatic carbocycles. The van der Waals surface area contributed by atoms with E-state index in [-0.39, 0.29) is 17.5 Å². The van der Waals surface area contributed by atoms with Crippen molar-refractivity contribution in [2.75, 3.05) is 40.8 Å². The SMILES string of the molecule is COc1cccc(CN2CCn3nc(C(=O)NCCN(C)C)cc3C2=O)c1. The summed E-state index contributed by atoms with van der Waals surface area (Å²) in [5.74, 6) is 0.383. The van der Waals surface area contributed by atoms with E-state index in [1.165, 1.54) is 0 Å². The Bertz CT molecular complexity index is 831. The zero-order valence-electron chi connectivity index (χ0n) is 15.9. The Hall–Kier alpha value is -2.87. The van der Waals surface area contributed by atoms with E-state index in [4.69, 9.17) is 4.74 Å². The van der Waals surface area contributed by atoms with Gasteiger partial charge in [-0.05, 0) is 31.8 Å². The third-order valence-corrected chi connectivity index (χ3v) is 4.45. The minimum Gasteiger partial charge on any atom is -0.497 e. The van der Waals surface area contributed by atoms with Crippen LogP contribution in [0, 0.1) is 0 Å². The Morgan fingerprint density at radius 2 is 2.11 bits per heavy atom. The van der Waals surface area contributed by atoms with Gasteiger partial charge in [-0.2, -0.15) is 5.10 Å². The first-order valence-corrected chi connectivity index (χ1v) is 8.91. The number of nitrogens with zero attached hydrogens (tertiary/aromatic N) is 4. The smallest absolute Gasteiger partial charge is 0.272 e. The van der Waals surface area contributed by atoms with Gasteiger partial charge in [0.15, 0.2) is 5.69 Å². The molecule has 27 heavy (non-hydrogen) atoms. The Balaban J connectivity index is 1.68. The molecule has 3 rings (SSSR count). The standard InChI is InChI=1S/C19H25N5O3/c1-22(2)8-7-20-18(25)16-12-17-19(26)23(9-10-24(17)21-16)13-14-5-4-6-15(11-14)27-3/h4-6,11-12H,7-10,13H2,1-3H3,(H,20,25). The first-order chi connectivity index (χ1) is 13.0.